The summed E-state index contributed by atoms with van der Waals surface area (Å²) in [6.45, 7) is 61.5. The molecule has 7 aromatic rings. The number of esters is 3. The average molecular weight is 1920 g/mol. The summed E-state index contributed by atoms with van der Waals surface area (Å²) in [5.41, 5.74) is 10.4. The van der Waals surface area contributed by atoms with Crippen LogP contribution in [0.15, 0.2) is 117 Å². The molecule has 0 saturated heterocycles. The number of amides is 4. The second-order valence-electron chi connectivity index (χ2n) is 37.5. The lowest BCUT2D eigenvalue weighted by Gasteiger charge is -2.29. The summed E-state index contributed by atoms with van der Waals surface area (Å²) < 4.78 is 36.3. The number of allylic oxidation sites excluding steroid dienone is 2. The summed E-state index contributed by atoms with van der Waals surface area (Å²) >= 11 is 16.1. The van der Waals surface area contributed by atoms with E-state index in [1.54, 1.807) is 59.1 Å². The number of ether oxygens (including phenoxy) is 3. The zero-order valence-electron chi connectivity index (χ0n) is 84.7. The van der Waals surface area contributed by atoms with Gasteiger partial charge >= 0.3 is 29.8 Å². The first-order valence-electron chi connectivity index (χ1n) is 45.6. The fraction of sp³-hybridized carbons (Fsp3) is 0.600. The summed E-state index contributed by atoms with van der Waals surface area (Å²) in [7, 11) is 9.79. The van der Waals surface area contributed by atoms with E-state index < -0.39 is 52.8 Å². The highest BCUT2D eigenvalue weighted by Crippen LogP contribution is 2.26. The number of carboxylic acids is 1. The Morgan fingerprint density at radius 1 is 0.489 bits per heavy atom. The number of fused-ring (bicyclic) bond motifs is 2. The maximum Gasteiger partial charge on any atom is 0.588 e. The molecule has 2 N–H and O–H groups in total. The third-order valence-electron chi connectivity index (χ3n) is 19.3. The lowest BCUT2D eigenvalue weighted by atomic mass is 9.99. The van der Waals surface area contributed by atoms with E-state index in [1.165, 1.54) is 14.2 Å². The van der Waals surface area contributed by atoms with E-state index in [4.69, 9.17) is 53.1 Å². The number of hydrogen-bond acceptors (Lipinski definition) is 20. The molecule has 5 aromatic heterocycles. The Kier molecular flexibility index (Phi) is 57.4. The van der Waals surface area contributed by atoms with E-state index in [0.29, 0.717) is 117 Å². The molecule has 33 heteroatoms. The SMILES string of the molecule is C=C1C=C(CC(C(=O)O)C(=O)N(CC(C)C)CC(C)C)[N+](C)=N1.C=[O+]C(=O)CC(=O)N(CC(C)C)CC(C)C.CC(C)CNCC(C)C.COC(=O)C(Cc1cc(C)nn1C)C(=O)N(CC(C)C)CC(C)C.COC(=O)CC(=O)Cl.Cc1cc(CC(C(=O)OCc2ccc3occc3c2)C(=O)N(CC(C)C)CC(C)C)n(C)n1.Cc1cc(CCl)n(C)n1.ClCc1ccc2occc2c1. The molecule has 0 saturated carbocycles. The molecule has 8 rings (SSSR count). The van der Waals surface area contributed by atoms with Crippen molar-refractivity contribution in [3.05, 3.63) is 149 Å². The molecule has 0 bridgehead atoms. The van der Waals surface area contributed by atoms with Gasteiger partial charge in [0.2, 0.25) is 34.6 Å². The zero-order chi connectivity index (χ0) is 101. The number of carbonyl (C=O) groups is 10. The molecule has 1 aliphatic heterocycles. The lowest BCUT2D eigenvalue weighted by Crippen LogP contribution is -2.44. The van der Waals surface area contributed by atoms with Crippen molar-refractivity contribution in [2.45, 2.75) is 210 Å². The Hall–Kier alpha value is -10.2. The van der Waals surface area contributed by atoms with E-state index in [9.17, 15) is 53.1 Å². The van der Waals surface area contributed by atoms with Crippen LogP contribution in [0, 0.1) is 97.7 Å². The van der Waals surface area contributed by atoms with Gasteiger partial charge in [-0.3, -0.25) is 61.6 Å². The van der Waals surface area contributed by atoms with Crippen LogP contribution in [0.3, 0.4) is 0 Å². The number of hydrogen-bond donors (Lipinski definition) is 2. The van der Waals surface area contributed by atoms with Gasteiger partial charge in [0.15, 0.2) is 20.3 Å². The van der Waals surface area contributed by atoms with Crippen molar-refractivity contribution < 1.29 is 85.2 Å². The topological polar surface area (TPSA) is 350 Å². The smallest absolute Gasteiger partial charge is 0.481 e. The van der Waals surface area contributed by atoms with Gasteiger partial charge in [-0.1, -0.05) is 162 Å². The summed E-state index contributed by atoms with van der Waals surface area (Å²) in [5.74, 6) is -1.72. The number of nitrogens with zero attached hydrogens (tertiary/aromatic N) is 12. The van der Waals surface area contributed by atoms with Gasteiger partial charge in [0, 0.05) is 125 Å². The van der Waals surface area contributed by atoms with Crippen molar-refractivity contribution in [2.24, 2.45) is 103 Å². The van der Waals surface area contributed by atoms with Gasteiger partial charge in [-0.05, 0) is 175 Å². The van der Waals surface area contributed by atoms with E-state index in [0.717, 1.165) is 92.2 Å². The molecule has 0 spiro atoms. The number of furan rings is 2. The number of rotatable bonds is 40. The summed E-state index contributed by atoms with van der Waals surface area (Å²) in [6.07, 6.45) is 5.14. The molecule has 742 valence electrons. The Morgan fingerprint density at radius 2 is 0.857 bits per heavy atom. The highest BCUT2D eigenvalue weighted by Gasteiger charge is 2.38. The molecule has 30 nitrogen and oxygen atoms in total. The molecule has 3 atom stereocenters. The maximum atomic E-state index is 13.6. The Morgan fingerprint density at radius 3 is 1.16 bits per heavy atom. The molecule has 4 amide bonds. The van der Waals surface area contributed by atoms with E-state index in [2.05, 4.69) is 131 Å². The predicted octanol–water partition coefficient (Wildman–Crippen LogP) is 17.7. The van der Waals surface area contributed by atoms with Crippen LogP contribution in [0.25, 0.3) is 21.9 Å². The molecule has 6 heterocycles. The normalized spacial score (nSPS) is 12.2. The predicted molar refractivity (Wildman–Crippen MR) is 525 cm³/mol. The highest BCUT2D eigenvalue weighted by atomic mass is 35.5. The molecular formula is C100H156Cl3N13O17+2. The molecule has 0 aliphatic carbocycles. The van der Waals surface area contributed by atoms with Crippen LogP contribution in [0.1, 0.15) is 203 Å². The highest BCUT2D eigenvalue weighted by molar-refractivity contribution is 6.64. The van der Waals surface area contributed by atoms with E-state index >= 15 is 0 Å². The number of carbonyl (C=O) groups excluding carboxylic acids is 10. The van der Waals surface area contributed by atoms with Crippen LogP contribution in [0.2, 0.25) is 0 Å². The van der Waals surface area contributed by atoms with Gasteiger partial charge in [0.1, 0.15) is 47.6 Å². The molecule has 3 unspecified atom stereocenters. The molecular weight excluding hydrogens is 1760 g/mol. The van der Waals surface area contributed by atoms with Crippen LogP contribution in [-0.2, 0) is 119 Å². The van der Waals surface area contributed by atoms with Crippen LogP contribution < -0.4 is 5.32 Å². The van der Waals surface area contributed by atoms with Crippen LogP contribution in [-0.4, -0.2) is 211 Å². The van der Waals surface area contributed by atoms with Gasteiger partial charge in [-0.15, -0.1) is 23.2 Å². The maximum absolute atomic E-state index is 13.6. The second kappa shape index (κ2) is 63.1. The number of nitrogens with one attached hydrogen (secondary N) is 1. The largest absolute Gasteiger partial charge is 0.588 e. The van der Waals surface area contributed by atoms with Crippen LogP contribution in [0.5, 0.6) is 0 Å². The van der Waals surface area contributed by atoms with Crippen molar-refractivity contribution in [3.63, 3.8) is 0 Å². The summed E-state index contributed by atoms with van der Waals surface area (Å²) in [4.78, 5) is 126. The Balaban J connectivity index is 0.000000797. The van der Waals surface area contributed by atoms with Crippen molar-refractivity contribution in [1.29, 1.82) is 0 Å². The standard InChI is InChI=1S/C26H35N3O4.C18H31N3O3.C17H27N3O3.C12H22NO3.C9H7ClO.C8H19N.C6H9ClN2.C4H5ClO3/c1-17(2)14-29(15-18(3)4)25(30)23(13-22-11-19(5)27-28(22)6)26(31)33-16-20-7-8-24-21(12-20)9-10-32-24;1-12(2)10-21(11-13(3)4)17(22)16(18(23)24-7)9-15-8-14(5)19-20(15)6;1-11(2)9-20(10-12(3)4)16(21)15(17(22)23)8-14-7-13(5)18-19(14)6;1-9(2)7-13(8-10(3)4)11(14)6-12(15)16-5;10-6-7-1-2-9-8(5-7)3-4-11-9;1-7(2)5-9-6-8(3)4;1-5-3-6(4-7)9(2)8-5;1-8-4(7)2-3(5)6/h7-12,17-18,23H,13-16H2,1-6H3;8,12-13,16H,9-11H2,1-7H3;7,11-12,15H,5,8-10H2,1-4,6H3;9-10H,5-8H2,1-4H3;1-5H,6H2;7-9H,5-6H2,1-4H3;3H,4H2,1-2H3;2H2,1H3/q;;;+1;;;;/p+1. The fourth-order valence-corrected chi connectivity index (χ4v) is 14.2. The Labute approximate surface area is 805 Å². The summed E-state index contributed by atoms with van der Waals surface area (Å²) in [6, 6.07) is 21.2. The Bertz CT molecular complexity index is 4780. The quantitative estimate of drug-likeness (QED) is 0.00685. The minimum Gasteiger partial charge on any atom is -0.481 e. The minimum atomic E-state index is -1.10. The molecule has 133 heavy (non-hydrogen) atoms. The number of methoxy groups -OCH3 is 2. The number of azo groups is 2. The van der Waals surface area contributed by atoms with Crippen LogP contribution >= 0.6 is 34.8 Å². The number of carboxylic acid groups (broad SMARTS) is 1. The number of aryl methyl sites for hydroxylation is 6. The van der Waals surface area contributed by atoms with E-state index in [-0.39, 0.29) is 67.8 Å². The van der Waals surface area contributed by atoms with Crippen molar-refractivity contribution >= 4 is 122 Å². The monoisotopic (exact) mass is 1920 g/mol. The van der Waals surface area contributed by atoms with Gasteiger partial charge in [0.25, 0.3) is 0 Å². The molecule has 0 fully saturated rings. The first-order valence-corrected chi connectivity index (χ1v) is 47.0. The van der Waals surface area contributed by atoms with Crippen molar-refractivity contribution in [2.75, 3.05) is 86.7 Å². The van der Waals surface area contributed by atoms with Crippen molar-refractivity contribution in [1.82, 2.24) is 54.3 Å². The van der Waals surface area contributed by atoms with Gasteiger partial charge in [-0.2, -0.15) is 15.3 Å². The van der Waals surface area contributed by atoms with Gasteiger partial charge in [0.05, 0.1) is 61.8 Å². The first kappa shape index (κ1) is 121. The van der Waals surface area contributed by atoms with Crippen LogP contribution in [0.4, 0.5) is 0 Å². The number of halogens is 3. The fourth-order valence-electron chi connectivity index (χ4n) is 13.7. The number of aliphatic carboxylic acids is 1. The lowest BCUT2D eigenvalue weighted by molar-refractivity contribution is -0.511. The number of benzene rings is 2. The van der Waals surface area contributed by atoms with Gasteiger partial charge < -0.3 is 53.1 Å². The molecule has 1 aliphatic rings. The van der Waals surface area contributed by atoms with Crippen molar-refractivity contribution in [3.8, 4) is 0 Å². The average Bonchev–Trinajstić information content (AvgIpc) is 1.81. The second-order valence-corrected chi connectivity index (χ2v) is 38.4. The summed E-state index contributed by atoms with van der Waals surface area (Å²) in [5, 5.41) is 31.2. The minimum absolute atomic E-state index is 0.0997. The first-order chi connectivity index (χ1) is 62.2. The molecule has 2 aromatic carbocycles. The molecule has 0 radical (unpaired) electrons. The number of aromatic nitrogens is 6. The third-order valence-corrected chi connectivity index (χ3v) is 20.0. The van der Waals surface area contributed by atoms with Gasteiger partial charge in [-0.25, -0.2) is 0 Å². The zero-order valence-corrected chi connectivity index (χ0v) is 87.0. The van der Waals surface area contributed by atoms with E-state index in [1.807, 2.05) is 169 Å². The number of alkyl halides is 2. The third kappa shape index (κ3) is 49.1.